The van der Waals surface area contributed by atoms with E-state index < -0.39 is 0 Å². The summed E-state index contributed by atoms with van der Waals surface area (Å²) in [5, 5.41) is 10.3. The third kappa shape index (κ3) is 3.74. The van der Waals surface area contributed by atoms with E-state index >= 15 is 0 Å². The number of rotatable bonds is 6. The lowest BCUT2D eigenvalue weighted by molar-refractivity contribution is 0.0956. The minimum atomic E-state index is -0.0782. The number of nitrogens with one attached hydrogen (secondary N) is 2. The van der Waals surface area contributed by atoms with Crippen LogP contribution in [0.15, 0.2) is 35.0 Å². The fourth-order valence-electron chi connectivity index (χ4n) is 1.94. The lowest BCUT2D eigenvalue weighted by Gasteiger charge is -2.12. The molecule has 0 saturated carbocycles. The average Bonchev–Trinajstić information content (AvgIpc) is 2.92. The Morgan fingerprint density at radius 3 is 2.90 bits per heavy atom. The molecule has 1 heterocycles. The van der Waals surface area contributed by atoms with Crippen LogP contribution in [0.4, 0.5) is 11.4 Å². The average molecular weight is 289 g/mol. The van der Waals surface area contributed by atoms with Gasteiger partial charge in [0.15, 0.2) is 0 Å². The molecule has 2 rings (SSSR count). The maximum Gasteiger partial charge on any atom is 0.253 e. The second kappa shape index (κ2) is 6.96. The lowest BCUT2D eigenvalue weighted by atomic mass is 10.1. The molecule has 5 heteroatoms. The maximum atomic E-state index is 12.0. The molecule has 0 radical (unpaired) electrons. The first-order valence-corrected chi connectivity index (χ1v) is 7.57. The van der Waals surface area contributed by atoms with Gasteiger partial charge in [-0.15, -0.1) is 0 Å². The summed E-state index contributed by atoms with van der Waals surface area (Å²) in [4.78, 5) is 12.0. The molecule has 0 saturated heterocycles. The minimum absolute atomic E-state index is 0.0782. The molecule has 4 nitrogen and oxygen atoms in total. The van der Waals surface area contributed by atoms with Crippen molar-refractivity contribution in [3.63, 3.8) is 0 Å². The third-order valence-electron chi connectivity index (χ3n) is 2.93. The van der Waals surface area contributed by atoms with Crippen molar-refractivity contribution in [2.24, 2.45) is 0 Å². The molecule has 0 spiro atoms. The zero-order valence-electron chi connectivity index (χ0n) is 11.5. The van der Waals surface area contributed by atoms with Crippen molar-refractivity contribution in [2.75, 3.05) is 24.1 Å². The highest BCUT2D eigenvalue weighted by molar-refractivity contribution is 7.07. The van der Waals surface area contributed by atoms with E-state index in [-0.39, 0.29) is 5.91 Å². The van der Waals surface area contributed by atoms with Crippen molar-refractivity contribution in [2.45, 2.75) is 13.3 Å². The Morgan fingerprint density at radius 2 is 2.20 bits per heavy atom. The van der Waals surface area contributed by atoms with Crippen molar-refractivity contribution in [1.82, 2.24) is 5.32 Å². The Balaban J connectivity index is 2.05. The Bertz CT molecular complexity index is 567. The van der Waals surface area contributed by atoms with Gasteiger partial charge >= 0.3 is 0 Å². The molecule has 0 aliphatic carbocycles. The van der Waals surface area contributed by atoms with Crippen LogP contribution in [0.5, 0.6) is 0 Å². The fraction of sp³-hybridized carbons (Fsp3) is 0.267. The van der Waals surface area contributed by atoms with E-state index in [1.807, 2.05) is 6.92 Å². The van der Waals surface area contributed by atoms with Crippen LogP contribution in [0, 0.1) is 0 Å². The van der Waals surface area contributed by atoms with Crippen molar-refractivity contribution in [3.8, 4) is 0 Å². The fourth-order valence-corrected chi connectivity index (χ4v) is 2.64. The molecule has 4 N–H and O–H groups in total. The molecule has 1 aromatic carbocycles. The van der Waals surface area contributed by atoms with Gasteiger partial charge in [-0.05, 0) is 53.9 Å². The van der Waals surface area contributed by atoms with Crippen molar-refractivity contribution < 1.29 is 4.79 Å². The van der Waals surface area contributed by atoms with E-state index in [2.05, 4.69) is 27.5 Å². The van der Waals surface area contributed by atoms with Crippen molar-refractivity contribution in [3.05, 3.63) is 46.2 Å². The normalized spacial score (nSPS) is 10.2. The number of nitrogens with two attached hydrogens (primary N) is 1. The molecule has 106 valence electrons. The van der Waals surface area contributed by atoms with Crippen LogP contribution in [0.2, 0.25) is 0 Å². The molecule has 2 aromatic rings. The summed E-state index contributed by atoms with van der Waals surface area (Å²) >= 11 is 1.69. The summed E-state index contributed by atoms with van der Waals surface area (Å²) in [5.41, 5.74) is 9.16. The minimum Gasteiger partial charge on any atom is -0.399 e. The molecular formula is C15H19N3OS. The van der Waals surface area contributed by atoms with Crippen LogP contribution in [0.1, 0.15) is 22.8 Å². The van der Waals surface area contributed by atoms with Crippen molar-refractivity contribution in [1.29, 1.82) is 0 Å². The number of benzene rings is 1. The van der Waals surface area contributed by atoms with E-state index in [4.69, 9.17) is 5.73 Å². The molecule has 0 aliphatic rings. The van der Waals surface area contributed by atoms with Gasteiger partial charge in [-0.25, -0.2) is 0 Å². The maximum absolute atomic E-state index is 12.0. The molecular weight excluding hydrogens is 270 g/mol. The largest absolute Gasteiger partial charge is 0.399 e. The number of nitrogen functional groups attached to an aromatic ring is 1. The second-order valence-electron chi connectivity index (χ2n) is 4.47. The highest BCUT2D eigenvalue weighted by Gasteiger charge is 2.10. The molecule has 0 unspecified atom stereocenters. The second-order valence-corrected chi connectivity index (χ2v) is 5.25. The van der Waals surface area contributed by atoms with Gasteiger partial charge in [0, 0.05) is 24.5 Å². The Labute approximate surface area is 123 Å². The quantitative estimate of drug-likeness (QED) is 0.716. The van der Waals surface area contributed by atoms with Gasteiger partial charge in [-0.2, -0.15) is 11.3 Å². The summed E-state index contributed by atoms with van der Waals surface area (Å²) in [7, 11) is 0. The van der Waals surface area contributed by atoms with Crippen LogP contribution < -0.4 is 16.4 Å². The number of thiophene rings is 1. The monoisotopic (exact) mass is 289 g/mol. The van der Waals surface area contributed by atoms with E-state index in [0.29, 0.717) is 17.8 Å². The van der Waals surface area contributed by atoms with E-state index in [9.17, 15) is 4.79 Å². The third-order valence-corrected chi connectivity index (χ3v) is 3.67. The molecule has 0 atom stereocenters. The first kappa shape index (κ1) is 14.4. The molecule has 0 fully saturated rings. The van der Waals surface area contributed by atoms with Gasteiger partial charge in [0.2, 0.25) is 0 Å². The zero-order valence-corrected chi connectivity index (χ0v) is 12.3. The van der Waals surface area contributed by atoms with Gasteiger partial charge in [-0.3, -0.25) is 4.79 Å². The van der Waals surface area contributed by atoms with Gasteiger partial charge in [0.25, 0.3) is 5.91 Å². The predicted molar refractivity (Wildman–Crippen MR) is 85.4 cm³/mol. The number of amides is 1. The van der Waals surface area contributed by atoms with Gasteiger partial charge in [0.05, 0.1) is 5.56 Å². The SMILES string of the molecule is CCNC(=O)c1ccc(N)cc1NCCc1ccsc1. The number of hydrogen-bond acceptors (Lipinski definition) is 4. The van der Waals surface area contributed by atoms with Crippen molar-refractivity contribution >= 4 is 28.6 Å². The summed E-state index contributed by atoms with van der Waals surface area (Å²) < 4.78 is 0. The van der Waals surface area contributed by atoms with E-state index in [1.54, 1.807) is 29.5 Å². The Morgan fingerprint density at radius 1 is 1.35 bits per heavy atom. The first-order valence-electron chi connectivity index (χ1n) is 6.63. The highest BCUT2D eigenvalue weighted by Crippen LogP contribution is 2.19. The Hall–Kier alpha value is -2.01. The lowest BCUT2D eigenvalue weighted by Crippen LogP contribution is -2.24. The number of anilines is 2. The molecule has 0 bridgehead atoms. The summed E-state index contributed by atoms with van der Waals surface area (Å²) in [6, 6.07) is 7.41. The van der Waals surface area contributed by atoms with Gasteiger partial charge < -0.3 is 16.4 Å². The van der Waals surface area contributed by atoms with Crippen LogP contribution >= 0.6 is 11.3 Å². The number of hydrogen-bond donors (Lipinski definition) is 3. The topological polar surface area (TPSA) is 67.2 Å². The zero-order chi connectivity index (χ0) is 14.4. The molecule has 1 amide bonds. The van der Waals surface area contributed by atoms with E-state index in [0.717, 1.165) is 18.7 Å². The van der Waals surface area contributed by atoms with Crippen LogP contribution in [0.3, 0.4) is 0 Å². The number of carbonyl (C=O) groups is 1. The van der Waals surface area contributed by atoms with Crippen LogP contribution in [-0.4, -0.2) is 19.0 Å². The first-order chi connectivity index (χ1) is 9.70. The van der Waals surface area contributed by atoms with Crippen LogP contribution in [0.25, 0.3) is 0 Å². The molecule has 1 aromatic heterocycles. The number of carbonyl (C=O) groups excluding carboxylic acids is 1. The smallest absolute Gasteiger partial charge is 0.253 e. The summed E-state index contributed by atoms with van der Waals surface area (Å²) in [6.07, 6.45) is 0.924. The Kier molecular flexibility index (Phi) is 5.01. The van der Waals surface area contributed by atoms with Gasteiger partial charge in [0.1, 0.15) is 0 Å². The van der Waals surface area contributed by atoms with Gasteiger partial charge in [-0.1, -0.05) is 0 Å². The highest BCUT2D eigenvalue weighted by atomic mass is 32.1. The molecule has 20 heavy (non-hydrogen) atoms. The standard InChI is InChI=1S/C15H19N3OS/c1-2-17-15(19)13-4-3-12(16)9-14(13)18-7-5-11-6-8-20-10-11/h3-4,6,8-10,18H,2,5,7,16H2,1H3,(H,17,19). The van der Waals surface area contributed by atoms with Crippen LogP contribution in [-0.2, 0) is 6.42 Å². The summed E-state index contributed by atoms with van der Waals surface area (Å²) in [6.45, 7) is 3.28. The summed E-state index contributed by atoms with van der Waals surface area (Å²) in [5.74, 6) is -0.0782. The predicted octanol–water partition coefficient (Wildman–Crippen LogP) is 2.73. The van der Waals surface area contributed by atoms with E-state index in [1.165, 1.54) is 5.56 Å². The molecule has 0 aliphatic heterocycles.